The Kier molecular flexibility index (Phi) is 12.3. The van der Waals surface area contributed by atoms with Crippen LogP contribution >= 0.6 is 7.82 Å². The van der Waals surface area contributed by atoms with Crippen LogP contribution in [0, 0.1) is 0 Å². The predicted molar refractivity (Wildman–Crippen MR) is 102 cm³/mol. The van der Waals surface area contributed by atoms with Gasteiger partial charge in [0.05, 0.1) is 18.9 Å². The summed E-state index contributed by atoms with van der Waals surface area (Å²) in [6.07, 6.45) is 1.32. The average molecular weight is 382 g/mol. The third kappa shape index (κ3) is 10.0. The van der Waals surface area contributed by atoms with Gasteiger partial charge in [-0.3, -0.25) is 24.1 Å². The molecule has 0 aromatic heterocycles. The van der Waals surface area contributed by atoms with Crippen LogP contribution in [0.2, 0.25) is 0 Å². The molecular weight excluding hydrogens is 343 g/mol. The first-order valence-corrected chi connectivity index (χ1v) is 10.7. The van der Waals surface area contributed by atoms with Crippen LogP contribution in [0.4, 0.5) is 0 Å². The van der Waals surface area contributed by atoms with Crippen molar-refractivity contribution in [2.45, 2.75) is 47.0 Å². The van der Waals surface area contributed by atoms with E-state index in [0.717, 1.165) is 0 Å². The van der Waals surface area contributed by atoms with E-state index in [1.54, 1.807) is 0 Å². The van der Waals surface area contributed by atoms with Gasteiger partial charge in [0.2, 0.25) is 0 Å². The molecule has 152 valence electrons. The molecule has 2 saturated heterocycles. The van der Waals surface area contributed by atoms with Gasteiger partial charge in [-0.1, -0.05) is 13.8 Å². The Hall–Kier alpha value is -0.0500. The van der Waals surface area contributed by atoms with E-state index in [0.29, 0.717) is 12.3 Å². The van der Waals surface area contributed by atoms with Crippen LogP contribution in [0.3, 0.4) is 0 Å². The van der Waals surface area contributed by atoms with Gasteiger partial charge in [0.1, 0.15) is 0 Å². The predicted octanol–water partition coefficient (Wildman–Crippen LogP) is 1.32. The summed E-state index contributed by atoms with van der Waals surface area (Å²) in [6.45, 7) is 17.8. The molecule has 2 heterocycles. The highest BCUT2D eigenvalue weighted by molar-refractivity contribution is 7.46. The zero-order valence-electron chi connectivity index (χ0n) is 17.1. The van der Waals surface area contributed by atoms with Crippen LogP contribution in [-0.4, -0.2) is 102 Å². The molecule has 0 saturated carbocycles. The minimum absolute atomic E-state index is 0.0459. The molecular formula is C16H39N4O4P. The minimum atomic E-state index is -4.17. The second-order valence-corrected chi connectivity index (χ2v) is 7.63. The van der Waals surface area contributed by atoms with Crippen molar-refractivity contribution in [3.05, 3.63) is 0 Å². The molecule has 2 rings (SSSR count). The van der Waals surface area contributed by atoms with Crippen molar-refractivity contribution in [3.63, 3.8) is 0 Å². The fraction of sp³-hybridized carbons (Fsp3) is 1.00. The molecule has 9 heteroatoms. The van der Waals surface area contributed by atoms with Crippen molar-refractivity contribution >= 4 is 7.82 Å². The molecule has 8 nitrogen and oxygen atoms in total. The zero-order chi connectivity index (χ0) is 19.6. The van der Waals surface area contributed by atoms with Gasteiger partial charge in [0, 0.05) is 26.2 Å². The van der Waals surface area contributed by atoms with Crippen molar-refractivity contribution in [3.8, 4) is 0 Å². The first-order chi connectivity index (χ1) is 11.6. The molecule has 0 aromatic carbocycles. The van der Waals surface area contributed by atoms with E-state index in [1.807, 2.05) is 0 Å². The summed E-state index contributed by atoms with van der Waals surface area (Å²) in [5.41, 5.74) is 0. The summed E-state index contributed by atoms with van der Waals surface area (Å²) >= 11 is 0. The highest BCUT2D eigenvalue weighted by Gasteiger charge is 2.23. The second kappa shape index (κ2) is 12.4. The Balaban J connectivity index is 0.000000350. The molecule has 2 aliphatic heterocycles. The molecule has 0 radical (unpaired) electrons. The lowest BCUT2D eigenvalue weighted by atomic mass is 10.5. The van der Waals surface area contributed by atoms with Gasteiger partial charge in [-0.2, -0.15) is 0 Å². The standard InChI is InChI=1S/2C7H16N2.C2H7O4P/c2*1-4-9-6-5-8(3)7(9)2;1-2-6-7(3,4)5/h2*7H,4-6H2,1-3H3;2H2,1H3,(H2,3,4,5). The molecule has 2 N–H and O–H groups in total. The fourth-order valence-electron chi connectivity index (χ4n) is 2.89. The van der Waals surface area contributed by atoms with Gasteiger partial charge in [-0.15, -0.1) is 0 Å². The Bertz CT molecular complexity index is 372. The summed E-state index contributed by atoms with van der Waals surface area (Å²) in [5, 5.41) is 0. The molecule has 0 spiro atoms. The van der Waals surface area contributed by atoms with Crippen LogP contribution < -0.4 is 0 Å². The molecule has 0 aromatic rings. The van der Waals surface area contributed by atoms with Gasteiger partial charge in [-0.25, -0.2) is 4.57 Å². The first-order valence-electron chi connectivity index (χ1n) is 9.15. The maximum Gasteiger partial charge on any atom is 0.469 e. The topological polar surface area (TPSA) is 79.7 Å². The van der Waals surface area contributed by atoms with Crippen LogP contribution in [-0.2, 0) is 9.09 Å². The minimum Gasteiger partial charge on any atom is -0.303 e. The Morgan fingerprint density at radius 1 is 0.880 bits per heavy atom. The largest absolute Gasteiger partial charge is 0.469 e. The first kappa shape index (κ1) is 24.9. The molecule has 0 aliphatic carbocycles. The highest BCUT2D eigenvalue weighted by atomic mass is 31.2. The number of likely N-dealkylation sites (N-methyl/N-ethyl adjacent to an activating group) is 4. The summed E-state index contributed by atoms with van der Waals surface area (Å²) in [5.74, 6) is 0. The highest BCUT2D eigenvalue weighted by Crippen LogP contribution is 2.34. The van der Waals surface area contributed by atoms with Gasteiger partial charge in [-0.05, 0) is 48.0 Å². The monoisotopic (exact) mass is 382 g/mol. The maximum atomic E-state index is 9.70. The van der Waals surface area contributed by atoms with Crippen molar-refractivity contribution in [1.29, 1.82) is 0 Å². The van der Waals surface area contributed by atoms with Crippen LogP contribution in [0.5, 0.6) is 0 Å². The van der Waals surface area contributed by atoms with Crippen molar-refractivity contribution < 1.29 is 18.9 Å². The lowest BCUT2D eigenvalue weighted by Gasteiger charge is -2.22. The third-order valence-corrected chi connectivity index (χ3v) is 5.52. The number of phosphoric ester groups is 1. The van der Waals surface area contributed by atoms with Crippen molar-refractivity contribution in [1.82, 2.24) is 19.6 Å². The number of hydrogen-bond donors (Lipinski definition) is 2. The van der Waals surface area contributed by atoms with E-state index < -0.39 is 7.82 Å². The van der Waals surface area contributed by atoms with Crippen LogP contribution in [0.1, 0.15) is 34.6 Å². The fourth-order valence-corrected chi connectivity index (χ4v) is 3.23. The normalized spacial score (nSPS) is 26.1. The number of rotatable bonds is 4. The molecule has 2 unspecified atom stereocenters. The zero-order valence-corrected chi connectivity index (χ0v) is 17.9. The van der Waals surface area contributed by atoms with Gasteiger partial charge < -0.3 is 9.79 Å². The van der Waals surface area contributed by atoms with Crippen molar-refractivity contribution in [2.75, 3.05) is 60.0 Å². The Labute approximate surface area is 154 Å². The van der Waals surface area contributed by atoms with Gasteiger partial charge >= 0.3 is 7.82 Å². The van der Waals surface area contributed by atoms with Gasteiger partial charge in [0.15, 0.2) is 0 Å². The van der Waals surface area contributed by atoms with Crippen molar-refractivity contribution in [2.24, 2.45) is 0 Å². The number of phosphoric acid groups is 1. The second-order valence-electron chi connectivity index (χ2n) is 6.39. The smallest absolute Gasteiger partial charge is 0.303 e. The third-order valence-electron chi connectivity index (χ3n) is 4.92. The Morgan fingerprint density at radius 3 is 1.32 bits per heavy atom. The quantitative estimate of drug-likeness (QED) is 0.705. The molecule has 25 heavy (non-hydrogen) atoms. The molecule has 2 atom stereocenters. The van der Waals surface area contributed by atoms with Gasteiger partial charge in [0.25, 0.3) is 0 Å². The van der Waals surface area contributed by atoms with E-state index in [1.165, 1.54) is 46.2 Å². The molecule has 2 fully saturated rings. The molecule has 0 bridgehead atoms. The molecule has 0 amide bonds. The summed E-state index contributed by atoms with van der Waals surface area (Å²) in [4.78, 5) is 25.5. The molecule has 2 aliphatic rings. The van der Waals surface area contributed by atoms with E-state index in [9.17, 15) is 4.57 Å². The lowest BCUT2D eigenvalue weighted by molar-refractivity contribution is 0.184. The Morgan fingerprint density at radius 2 is 1.24 bits per heavy atom. The number of nitrogens with zero attached hydrogens (tertiary/aromatic N) is 4. The maximum absolute atomic E-state index is 9.70. The summed E-state index contributed by atoms with van der Waals surface area (Å²) < 4.78 is 13.6. The lowest BCUT2D eigenvalue weighted by Crippen LogP contribution is -2.33. The van der Waals surface area contributed by atoms with E-state index >= 15 is 0 Å². The van der Waals surface area contributed by atoms with E-state index in [2.05, 4.69) is 65.9 Å². The summed E-state index contributed by atoms with van der Waals surface area (Å²) in [6, 6.07) is 0. The SMILES string of the molecule is CCN1CCN(C)C1C.CCN1CCN(C)C1C.CCOP(=O)(O)O. The summed E-state index contributed by atoms with van der Waals surface area (Å²) in [7, 11) is 0.196. The average Bonchev–Trinajstić information content (AvgIpc) is 3.03. The number of hydrogen-bond acceptors (Lipinski definition) is 6. The van der Waals surface area contributed by atoms with E-state index in [4.69, 9.17) is 9.79 Å². The van der Waals surface area contributed by atoms with Crippen LogP contribution in [0.15, 0.2) is 0 Å². The van der Waals surface area contributed by atoms with Crippen LogP contribution in [0.25, 0.3) is 0 Å². The van der Waals surface area contributed by atoms with E-state index in [-0.39, 0.29) is 6.61 Å².